The van der Waals surface area contributed by atoms with E-state index in [0.29, 0.717) is 19.5 Å². The van der Waals surface area contributed by atoms with E-state index in [1.807, 2.05) is 32.0 Å². The van der Waals surface area contributed by atoms with E-state index in [9.17, 15) is 8.42 Å². The zero-order valence-electron chi connectivity index (χ0n) is 11.3. The lowest BCUT2D eigenvalue weighted by Gasteiger charge is -2.24. The molecule has 5 heteroatoms. The van der Waals surface area contributed by atoms with Crippen LogP contribution in [-0.2, 0) is 10.0 Å². The van der Waals surface area contributed by atoms with Crippen LogP contribution in [0.4, 0.5) is 5.69 Å². The lowest BCUT2D eigenvalue weighted by Crippen LogP contribution is -2.34. The Bertz CT molecular complexity index is 498. The van der Waals surface area contributed by atoms with Crippen molar-refractivity contribution in [3.63, 3.8) is 0 Å². The average Bonchev–Trinajstić information content (AvgIpc) is 2.34. The van der Waals surface area contributed by atoms with Crippen LogP contribution in [0.3, 0.4) is 0 Å². The largest absolute Gasteiger partial charge is 0.330 e. The van der Waals surface area contributed by atoms with Crippen molar-refractivity contribution in [2.45, 2.75) is 27.2 Å². The molecule has 0 aliphatic heterocycles. The maximum atomic E-state index is 12.1. The van der Waals surface area contributed by atoms with Crippen LogP contribution in [0.2, 0.25) is 0 Å². The summed E-state index contributed by atoms with van der Waals surface area (Å²) in [5, 5.41) is 0. The molecule has 1 rings (SSSR count). The van der Waals surface area contributed by atoms with E-state index in [-0.39, 0.29) is 5.75 Å². The summed E-state index contributed by atoms with van der Waals surface area (Å²) in [5.74, 6) is 0.102. The van der Waals surface area contributed by atoms with Crippen LogP contribution in [0.25, 0.3) is 0 Å². The summed E-state index contributed by atoms with van der Waals surface area (Å²) >= 11 is 0. The monoisotopic (exact) mass is 270 g/mol. The second-order valence-electron chi connectivity index (χ2n) is 4.38. The molecule has 0 saturated carbocycles. The fourth-order valence-electron chi connectivity index (χ4n) is 1.70. The zero-order valence-corrected chi connectivity index (χ0v) is 12.1. The van der Waals surface area contributed by atoms with Crippen LogP contribution < -0.4 is 10.0 Å². The number of aryl methyl sites for hydroxylation is 2. The second kappa shape index (κ2) is 6.20. The Balaban J connectivity index is 3.13. The first-order valence-corrected chi connectivity index (χ1v) is 7.81. The van der Waals surface area contributed by atoms with Gasteiger partial charge in [-0.1, -0.05) is 6.07 Å². The van der Waals surface area contributed by atoms with Gasteiger partial charge in [-0.15, -0.1) is 0 Å². The highest BCUT2D eigenvalue weighted by Crippen LogP contribution is 2.22. The zero-order chi connectivity index (χ0) is 13.8. The molecule has 4 nitrogen and oxygen atoms in total. The first-order valence-electron chi connectivity index (χ1n) is 6.20. The molecular formula is C13H22N2O2S. The summed E-state index contributed by atoms with van der Waals surface area (Å²) in [4.78, 5) is 0. The molecule has 102 valence electrons. The molecule has 0 aliphatic rings. The number of nitrogens with two attached hydrogens (primary N) is 1. The summed E-state index contributed by atoms with van der Waals surface area (Å²) in [7, 11) is -3.24. The van der Waals surface area contributed by atoms with Crippen LogP contribution >= 0.6 is 0 Å². The quantitative estimate of drug-likeness (QED) is 0.857. The molecule has 0 aliphatic carbocycles. The van der Waals surface area contributed by atoms with E-state index < -0.39 is 10.0 Å². The van der Waals surface area contributed by atoms with Crippen LogP contribution in [0.5, 0.6) is 0 Å². The van der Waals surface area contributed by atoms with E-state index in [4.69, 9.17) is 5.73 Å². The Hall–Kier alpha value is -1.07. The Morgan fingerprint density at radius 3 is 2.39 bits per heavy atom. The van der Waals surface area contributed by atoms with Gasteiger partial charge in [0, 0.05) is 6.54 Å². The maximum Gasteiger partial charge on any atom is 0.234 e. The number of nitrogens with zero attached hydrogens (tertiary/aromatic N) is 1. The van der Waals surface area contributed by atoms with Crippen molar-refractivity contribution in [3.8, 4) is 0 Å². The van der Waals surface area contributed by atoms with Crippen molar-refractivity contribution in [1.29, 1.82) is 0 Å². The lowest BCUT2D eigenvalue weighted by molar-refractivity contribution is 0.590. The number of rotatable bonds is 6. The number of hydrogen-bond acceptors (Lipinski definition) is 3. The van der Waals surface area contributed by atoms with Gasteiger partial charge in [0.25, 0.3) is 0 Å². The molecule has 0 atom stereocenters. The van der Waals surface area contributed by atoms with E-state index in [0.717, 1.165) is 16.8 Å². The van der Waals surface area contributed by atoms with Gasteiger partial charge < -0.3 is 5.73 Å². The van der Waals surface area contributed by atoms with Gasteiger partial charge in [-0.05, 0) is 57.0 Å². The molecular weight excluding hydrogens is 248 g/mol. The summed E-state index contributed by atoms with van der Waals surface area (Å²) in [6, 6.07) is 5.72. The standard InChI is InChI=1S/C13H22N2O2S/c1-4-18(16,17)15(9-5-8-14)13-7-6-11(2)12(3)10-13/h6-7,10H,4-5,8-9,14H2,1-3H3. The minimum Gasteiger partial charge on any atom is -0.330 e. The molecule has 0 radical (unpaired) electrons. The summed E-state index contributed by atoms with van der Waals surface area (Å²) in [5.41, 5.74) is 8.45. The van der Waals surface area contributed by atoms with Gasteiger partial charge in [0.05, 0.1) is 11.4 Å². The molecule has 2 N–H and O–H groups in total. The SMILES string of the molecule is CCS(=O)(=O)N(CCCN)c1ccc(C)c(C)c1. The van der Waals surface area contributed by atoms with Crippen LogP contribution in [0.15, 0.2) is 18.2 Å². The Kier molecular flexibility index (Phi) is 5.16. The fraction of sp³-hybridized carbons (Fsp3) is 0.538. The first-order chi connectivity index (χ1) is 8.42. The minimum atomic E-state index is -3.24. The van der Waals surface area contributed by atoms with Crippen LogP contribution in [-0.4, -0.2) is 27.3 Å². The molecule has 0 saturated heterocycles. The molecule has 1 aromatic carbocycles. The molecule has 0 spiro atoms. The predicted molar refractivity (Wildman–Crippen MR) is 76.4 cm³/mol. The van der Waals surface area contributed by atoms with Crippen LogP contribution in [0.1, 0.15) is 24.5 Å². The van der Waals surface area contributed by atoms with Crippen LogP contribution in [0, 0.1) is 13.8 Å². The van der Waals surface area contributed by atoms with Gasteiger partial charge in [-0.2, -0.15) is 0 Å². The minimum absolute atomic E-state index is 0.102. The Morgan fingerprint density at radius 1 is 1.22 bits per heavy atom. The highest BCUT2D eigenvalue weighted by atomic mass is 32.2. The van der Waals surface area contributed by atoms with Gasteiger partial charge in [0.1, 0.15) is 0 Å². The number of hydrogen-bond donors (Lipinski definition) is 1. The van der Waals surface area contributed by atoms with E-state index in [2.05, 4.69) is 0 Å². The third-order valence-electron chi connectivity index (χ3n) is 3.04. The number of sulfonamides is 1. The van der Waals surface area contributed by atoms with Gasteiger partial charge in [0.2, 0.25) is 10.0 Å². The molecule has 18 heavy (non-hydrogen) atoms. The summed E-state index contributed by atoms with van der Waals surface area (Å²) < 4.78 is 25.6. The topological polar surface area (TPSA) is 63.4 Å². The van der Waals surface area contributed by atoms with E-state index >= 15 is 0 Å². The van der Waals surface area contributed by atoms with Crippen molar-refractivity contribution < 1.29 is 8.42 Å². The molecule has 0 heterocycles. The number of anilines is 1. The van der Waals surface area contributed by atoms with E-state index in [1.54, 1.807) is 6.92 Å². The average molecular weight is 270 g/mol. The van der Waals surface area contributed by atoms with Crippen molar-refractivity contribution in [3.05, 3.63) is 29.3 Å². The Labute approximate surface area is 110 Å². The highest BCUT2D eigenvalue weighted by molar-refractivity contribution is 7.92. The molecule has 0 bridgehead atoms. The third-order valence-corrected chi connectivity index (χ3v) is 4.84. The normalized spacial score (nSPS) is 11.6. The lowest BCUT2D eigenvalue weighted by atomic mass is 10.1. The van der Waals surface area contributed by atoms with Crippen molar-refractivity contribution in [2.24, 2.45) is 5.73 Å². The molecule has 0 aromatic heterocycles. The van der Waals surface area contributed by atoms with Gasteiger partial charge in [0.15, 0.2) is 0 Å². The fourth-order valence-corrected chi connectivity index (χ4v) is 2.85. The summed E-state index contributed by atoms with van der Waals surface area (Å²) in [6.45, 7) is 6.58. The van der Waals surface area contributed by atoms with Crippen molar-refractivity contribution >= 4 is 15.7 Å². The second-order valence-corrected chi connectivity index (χ2v) is 6.57. The van der Waals surface area contributed by atoms with Gasteiger partial charge in [-0.3, -0.25) is 4.31 Å². The molecule has 0 fully saturated rings. The predicted octanol–water partition coefficient (Wildman–Crippen LogP) is 1.81. The third kappa shape index (κ3) is 3.46. The van der Waals surface area contributed by atoms with E-state index in [1.165, 1.54) is 4.31 Å². The van der Waals surface area contributed by atoms with Crippen molar-refractivity contribution in [2.75, 3.05) is 23.1 Å². The van der Waals surface area contributed by atoms with Crippen molar-refractivity contribution in [1.82, 2.24) is 0 Å². The number of benzene rings is 1. The molecule has 1 aromatic rings. The molecule has 0 unspecified atom stereocenters. The first kappa shape index (κ1) is 15.0. The maximum absolute atomic E-state index is 12.1. The smallest absolute Gasteiger partial charge is 0.234 e. The van der Waals surface area contributed by atoms with Gasteiger partial charge >= 0.3 is 0 Å². The summed E-state index contributed by atoms with van der Waals surface area (Å²) in [6.07, 6.45) is 0.659. The molecule has 0 amide bonds. The Morgan fingerprint density at radius 2 is 1.89 bits per heavy atom. The van der Waals surface area contributed by atoms with Gasteiger partial charge in [-0.25, -0.2) is 8.42 Å². The highest BCUT2D eigenvalue weighted by Gasteiger charge is 2.20.